The van der Waals surface area contributed by atoms with E-state index in [1.54, 1.807) is 12.3 Å². The van der Waals surface area contributed by atoms with Crippen LogP contribution in [-0.4, -0.2) is 68.1 Å². The Balaban J connectivity index is 1.63. The standard InChI is InChI=1S/C16H25N5O/c1-20-8-10-21(11-9-20)15-12-13(2-7-18-15)16(22)19-14-3-5-17-6-4-14/h2,7,12,14,17H,3-6,8-11H2,1H3,(H,19,22). The molecule has 0 saturated carbocycles. The number of carbonyl (C=O) groups excluding carboxylic acids is 1. The molecule has 2 N–H and O–H groups in total. The molecule has 1 amide bonds. The smallest absolute Gasteiger partial charge is 0.251 e. The van der Waals surface area contributed by atoms with Crippen LogP contribution in [-0.2, 0) is 0 Å². The summed E-state index contributed by atoms with van der Waals surface area (Å²) >= 11 is 0. The summed E-state index contributed by atoms with van der Waals surface area (Å²) in [6.45, 7) is 5.95. The highest BCUT2D eigenvalue weighted by molar-refractivity contribution is 5.95. The summed E-state index contributed by atoms with van der Waals surface area (Å²) in [5, 5.41) is 6.45. The van der Waals surface area contributed by atoms with Crippen LogP contribution >= 0.6 is 0 Å². The van der Waals surface area contributed by atoms with Gasteiger partial charge < -0.3 is 20.4 Å². The largest absolute Gasteiger partial charge is 0.354 e. The third-order valence-corrected chi connectivity index (χ3v) is 4.51. The third-order valence-electron chi connectivity index (χ3n) is 4.51. The van der Waals surface area contributed by atoms with E-state index in [4.69, 9.17) is 0 Å². The molecular formula is C16H25N5O. The molecule has 2 saturated heterocycles. The second-order valence-corrected chi connectivity index (χ2v) is 6.19. The zero-order chi connectivity index (χ0) is 15.4. The summed E-state index contributed by atoms with van der Waals surface area (Å²) in [6, 6.07) is 4.01. The first-order valence-electron chi connectivity index (χ1n) is 8.13. The number of piperidine rings is 1. The number of hydrogen-bond donors (Lipinski definition) is 2. The molecule has 3 rings (SSSR count). The van der Waals surface area contributed by atoms with Gasteiger partial charge >= 0.3 is 0 Å². The molecule has 120 valence electrons. The van der Waals surface area contributed by atoms with E-state index in [0.29, 0.717) is 5.56 Å². The predicted octanol–water partition coefficient (Wildman–Crippen LogP) is 0.315. The molecule has 0 spiro atoms. The number of aromatic nitrogens is 1. The lowest BCUT2D eigenvalue weighted by atomic mass is 10.1. The van der Waals surface area contributed by atoms with Crippen LogP contribution < -0.4 is 15.5 Å². The third kappa shape index (κ3) is 3.75. The van der Waals surface area contributed by atoms with E-state index < -0.39 is 0 Å². The summed E-state index contributed by atoms with van der Waals surface area (Å²) in [5.74, 6) is 0.927. The maximum atomic E-state index is 12.4. The highest BCUT2D eigenvalue weighted by atomic mass is 16.1. The van der Waals surface area contributed by atoms with Crippen molar-refractivity contribution in [1.82, 2.24) is 20.5 Å². The lowest BCUT2D eigenvalue weighted by Gasteiger charge is -2.33. The van der Waals surface area contributed by atoms with Crippen molar-refractivity contribution in [3.05, 3.63) is 23.9 Å². The van der Waals surface area contributed by atoms with Gasteiger partial charge in [-0.1, -0.05) is 0 Å². The SMILES string of the molecule is CN1CCN(c2cc(C(=O)NC3CCNCC3)ccn2)CC1. The fourth-order valence-electron chi connectivity index (χ4n) is 3.00. The summed E-state index contributed by atoms with van der Waals surface area (Å²) in [6.07, 6.45) is 3.75. The molecule has 1 aromatic heterocycles. The zero-order valence-corrected chi connectivity index (χ0v) is 13.2. The maximum absolute atomic E-state index is 12.4. The molecule has 2 fully saturated rings. The molecule has 6 nitrogen and oxygen atoms in total. The van der Waals surface area contributed by atoms with Gasteiger partial charge in [0.15, 0.2) is 0 Å². The van der Waals surface area contributed by atoms with Gasteiger partial charge in [0.05, 0.1) is 0 Å². The van der Waals surface area contributed by atoms with Gasteiger partial charge in [-0.05, 0) is 45.1 Å². The van der Waals surface area contributed by atoms with Gasteiger partial charge in [0.1, 0.15) is 5.82 Å². The van der Waals surface area contributed by atoms with Crippen molar-refractivity contribution in [2.75, 3.05) is 51.2 Å². The van der Waals surface area contributed by atoms with Crippen LogP contribution in [0.25, 0.3) is 0 Å². The molecule has 22 heavy (non-hydrogen) atoms. The maximum Gasteiger partial charge on any atom is 0.251 e. The zero-order valence-electron chi connectivity index (χ0n) is 13.2. The van der Waals surface area contributed by atoms with Crippen molar-refractivity contribution < 1.29 is 4.79 Å². The normalized spacial score (nSPS) is 20.9. The van der Waals surface area contributed by atoms with Crippen LogP contribution in [0.3, 0.4) is 0 Å². The van der Waals surface area contributed by atoms with Crippen LogP contribution in [0.4, 0.5) is 5.82 Å². The Morgan fingerprint density at radius 1 is 1.27 bits per heavy atom. The summed E-state index contributed by atoms with van der Waals surface area (Å²) in [7, 11) is 2.13. The Morgan fingerprint density at radius 2 is 2.00 bits per heavy atom. The van der Waals surface area contributed by atoms with Gasteiger partial charge in [0, 0.05) is 44.0 Å². The fourth-order valence-corrected chi connectivity index (χ4v) is 3.00. The van der Waals surface area contributed by atoms with Gasteiger partial charge in [0.25, 0.3) is 5.91 Å². The Hall–Kier alpha value is -1.66. The molecule has 1 aromatic rings. The highest BCUT2D eigenvalue weighted by Crippen LogP contribution is 2.15. The molecule has 3 heterocycles. The number of hydrogen-bond acceptors (Lipinski definition) is 5. The Bertz CT molecular complexity index is 507. The molecular weight excluding hydrogens is 278 g/mol. The average Bonchev–Trinajstić information content (AvgIpc) is 2.56. The fraction of sp³-hybridized carbons (Fsp3) is 0.625. The first kappa shape index (κ1) is 15.2. The van der Waals surface area contributed by atoms with E-state index in [0.717, 1.165) is 57.9 Å². The number of likely N-dealkylation sites (N-methyl/N-ethyl adjacent to an activating group) is 1. The number of carbonyl (C=O) groups is 1. The molecule has 2 aliphatic rings. The monoisotopic (exact) mass is 303 g/mol. The molecule has 0 aromatic carbocycles. The van der Waals surface area contributed by atoms with Crippen LogP contribution in [0.1, 0.15) is 23.2 Å². The van der Waals surface area contributed by atoms with Crippen molar-refractivity contribution in [3.63, 3.8) is 0 Å². The second kappa shape index (κ2) is 7.07. The molecule has 6 heteroatoms. The summed E-state index contributed by atoms with van der Waals surface area (Å²) in [5.41, 5.74) is 0.711. The highest BCUT2D eigenvalue weighted by Gasteiger charge is 2.19. The van der Waals surface area contributed by atoms with Crippen LogP contribution in [0.2, 0.25) is 0 Å². The van der Waals surface area contributed by atoms with Gasteiger partial charge in [-0.15, -0.1) is 0 Å². The second-order valence-electron chi connectivity index (χ2n) is 6.19. The molecule has 0 atom stereocenters. The van der Waals surface area contributed by atoms with Crippen molar-refractivity contribution in [3.8, 4) is 0 Å². The van der Waals surface area contributed by atoms with Crippen LogP contribution in [0.5, 0.6) is 0 Å². The molecule has 0 radical (unpaired) electrons. The number of pyridine rings is 1. The number of nitrogens with one attached hydrogen (secondary N) is 2. The summed E-state index contributed by atoms with van der Waals surface area (Å²) in [4.78, 5) is 21.4. The van der Waals surface area contributed by atoms with Crippen molar-refractivity contribution >= 4 is 11.7 Å². The van der Waals surface area contributed by atoms with Gasteiger partial charge in [-0.3, -0.25) is 4.79 Å². The summed E-state index contributed by atoms with van der Waals surface area (Å²) < 4.78 is 0. The van der Waals surface area contributed by atoms with E-state index in [2.05, 4.69) is 32.5 Å². The van der Waals surface area contributed by atoms with Crippen molar-refractivity contribution in [1.29, 1.82) is 0 Å². The number of nitrogens with zero attached hydrogens (tertiary/aromatic N) is 3. The lowest BCUT2D eigenvalue weighted by molar-refractivity contribution is 0.0929. The molecule has 0 bridgehead atoms. The Labute approximate surface area is 131 Å². The molecule has 2 aliphatic heterocycles. The molecule has 0 unspecified atom stereocenters. The minimum atomic E-state index is 0.0182. The van der Waals surface area contributed by atoms with Crippen molar-refractivity contribution in [2.45, 2.75) is 18.9 Å². The first-order valence-corrected chi connectivity index (χ1v) is 8.13. The van der Waals surface area contributed by atoms with Crippen LogP contribution in [0.15, 0.2) is 18.3 Å². The quantitative estimate of drug-likeness (QED) is 0.842. The Morgan fingerprint density at radius 3 is 2.73 bits per heavy atom. The van der Waals surface area contributed by atoms with Crippen molar-refractivity contribution in [2.24, 2.45) is 0 Å². The predicted molar refractivity (Wildman–Crippen MR) is 87.3 cm³/mol. The van der Waals surface area contributed by atoms with Crippen LogP contribution in [0, 0.1) is 0 Å². The van der Waals surface area contributed by atoms with E-state index in [1.165, 1.54) is 0 Å². The molecule has 0 aliphatic carbocycles. The minimum absolute atomic E-state index is 0.0182. The Kier molecular flexibility index (Phi) is 4.90. The number of amides is 1. The lowest BCUT2D eigenvalue weighted by Crippen LogP contribution is -2.45. The number of rotatable bonds is 3. The van der Waals surface area contributed by atoms with E-state index in [1.807, 2.05) is 6.07 Å². The number of piperazine rings is 1. The van der Waals surface area contributed by atoms with Gasteiger partial charge in [-0.2, -0.15) is 0 Å². The first-order chi connectivity index (χ1) is 10.7. The number of anilines is 1. The van der Waals surface area contributed by atoms with Gasteiger partial charge in [-0.25, -0.2) is 4.98 Å². The minimum Gasteiger partial charge on any atom is -0.354 e. The van der Waals surface area contributed by atoms with E-state index in [-0.39, 0.29) is 11.9 Å². The van der Waals surface area contributed by atoms with Gasteiger partial charge in [0.2, 0.25) is 0 Å². The average molecular weight is 303 g/mol. The topological polar surface area (TPSA) is 60.5 Å². The van der Waals surface area contributed by atoms with E-state index >= 15 is 0 Å². The van der Waals surface area contributed by atoms with E-state index in [9.17, 15) is 4.79 Å².